The summed E-state index contributed by atoms with van der Waals surface area (Å²) in [6.07, 6.45) is 3.88. The first-order valence-electron chi connectivity index (χ1n) is 7.95. The smallest absolute Gasteiger partial charge is 0.0360 e. The predicted octanol–water partition coefficient (Wildman–Crippen LogP) is 3.58. The average Bonchev–Trinajstić information content (AvgIpc) is 2.41. The Morgan fingerprint density at radius 1 is 1.30 bits per heavy atom. The standard InChI is InChI=1S/C18H30N2/c1-14-6-5-7-17(10-14)12-20(4)18(13-19)11-15(2)8-9-16(18)3/h5-7,10,15-16H,8-9,11-13,19H2,1-4H3. The van der Waals surface area contributed by atoms with E-state index >= 15 is 0 Å². The Bertz CT molecular complexity index is 443. The van der Waals surface area contributed by atoms with Gasteiger partial charge in [-0.1, -0.05) is 50.1 Å². The van der Waals surface area contributed by atoms with Crippen molar-refractivity contribution in [3.63, 3.8) is 0 Å². The fourth-order valence-electron chi connectivity index (χ4n) is 3.92. The van der Waals surface area contributed by atoms with Crippen LogP contribution in [0.3, 0.4) is 0 Å². The number of benzene rings is 1. The third-order valence-electron chi connectivity index (χ3n) is 5.33. The maximum Gasteiger partial charge on any atom is 0.0360 e. The topological polar surface area (TPSA) is 29.3 Å². The van der Waals surface area contributed by atoms with Crippen LogP contribution in [0.1, 0.15) is 44.2 Å². The van der Waals surface area contributed by atoms with Gasteiger partial charge in [0.15, 0.2) is 0 Å². The number of rotatable bonds is 4. The van der Waals surface area contributed by atoms with E-state index in [0.717, 1.165) is 19.0 Å². The highest BCUT2D eigenvalue weighted by molar-refractivity contribution is 5.22. The lowest BCUT2D eigenvalue weighted by Gasteiger charge is -2.50. The molecule has 0 bridgehead atoms. The van der Waals surface area contributed by atoms with Gasteiger partial charge in [0.25, 0.3) is 0 Å². The lowest BCUT2D eigenvalue weighted by atomic mass is 9.68. The minimum atomic E-state index is 0.168. The van der Waals surface area contributed by atoms with Gasteiger partial charge in [-0.05, 0) is 44.2 Å². The molecule has 1 saturated carbocycles. The highest BCUT2D eigenvalue weighted by Gasteiger charge is 2.42. The molecular weight excluding hydrogens is 244 g/mol. The molecule has 3 atom stereocenters. The van der Waals surface area contributed by atoms with Crippen molar-refractivity contribution in [3.05, 3.63) is 35.4 Å². The lowest BCUT2D eigenvalue weighted by Crippen LogP contribution is -2.58. The van der Waals surface area contributed by atoms with Crippen LogP contribution < -0.4 is 5.73 Å². The fourth-order valence-corrected chi connectivity index (χ4v) is 3.92. The first-order valence-corrected chi connectivity index (χ1v) is 7.95. The molecule has 2 nitrogen and oxygen atoms in total. The molecule has 2 N–H and O–H groups in total. The summed E-state index contributed by atoms with van der Waals surface area (Å²) in [6.45, 7) is 8.67. The van der Waals surface area contributed by atoms with Crippen molar-refractivity contribution in [1.29, 1.82) is 0 Å². The zero-order valence-corrected chi connectivity index (χ0v) is 13.5. The van der Waals surface area contributed by atoms with Crippen molar-refractivity contribution in [2.24, 2.45) is 17.6 Å². The Kier molecular flexibility index (Phi) is 4.87. The first-order chi connectivity index (χ1) is 9.48. The summed E-state index contributed by atoms with van der Waals surface area (Å²) in [7, 11) is 2.25. The van der Waals surface area contributed by atoms with Crippen molar-refractivity contribution in [1.82, 2.24) is 4.90 Å². The van der Waals surface area contributed by atoms with E-state index in [-0.39, 0.29) is 5.54 Å². The van der Waals surface area contributed by atoms with E-state index in [4.69, 9.17) is 5.73 Å². The van der Waals surface area contributed by atoms with Crippen LogP contribution in [0.25, 0.3) is 0 Å². The van der Waals surface area contributed by atoms with E-state index < -0.39 is 0 Å². The molecule has 0 heterocycles. The number of nitrogens with two attached hydrogens (primary N) is 1. The van der Waals surface area contributed by atoms with Gasteiger partial charge >= 0.3 is 0 Å². The van der Waals surface area contributed by atoms with E-state index in [1.165, 1.54) is 30.4 Å². The van der Waals surface area contributed by atoms with Crippen LogP contribution in [-0.2, 0) is 6.54 Å². The van der Waals surface area contributed by atoms with Crippen LogP contribution >= 0.6 is 0 Å². The summed E-state index contributed by atoms with van der Waals surface area (Å²) in [4.78, 5) is 2.52. The van der Waals surface area contributed by atoms with Crippen molar-refractivity contribution < 1.29 is 0 Å². The van der Waals surface area contributed by atoms with E-state index in [2.05, 4.69) is 57.0 Å². The number of aryl methyl sites for hydroxylation is 1. The second-order valence-corrected chi connectivity index (χ2v) is 6.94. The number of hydrogen-bond acceptors (Lipinski definition) is 2. The van der Waals surface area contributed by atoms with Crippen LogP contribution in [0, 0.1) is 18.8 Å². The van der Waals surface area contributed by atoms with E-state index in [1.54, 1.807) is 0 Å². The number of nitrogens with zero attached hydrogens (tertiary/aromatic N) is 1. The SMILES string of the molecule is Cc1cccc(CN(C)C2(CN)CC(C)CCC2C)c1. The van der Waals surface area contributed by atoms with E-state index in [1.807, 2.05) is 0 Å². The van der Waals surface area contributed by atoms with Crippen LogP contribution in [0.5, 0.6) is 0 Å². The fraction of sp³-hybridized carbons (Fsp3) is 0.667. The largest absolute Gasteiger partial charge is 0.329 e. The zero-order valence-electron chi connectivity index (χ0n) is 13.5. The molecule has 0 spiro atoms. The summed E-state index contributed by atoms with van der Waals surface area (Å²) in [5.74, 6) is 1.47. The molecule has 0 saturated heterocycles. The molecule has 1 aliphatic rings. The van der Waals surface area contributed by atoms with Crippen molar-refractivity contribution >= 4 is 0 Å². The Morgan fingerprint density at radius 2 is 2.05 bits per heavy atom. The molecule has 1 aliphatic carbocycles. The molecule has 2 heteroatoms. The maximum absolute atomic E-state index is 6.23. The van der Waals surface area contributed by atoms with E-state index in [9.17, 15) is 0 Å². The highest BCUT2D eigenvalue weighted by Crippen LogP contribution is 2.40. The molecule has 0 amide bonds. The summed E-state index contributed by atoms with van der Waals surface area (Å²) in [6, 6.07) is 8.83. The van der Waals surface area contributed by atoms with Gasteiger partial charge in [0.05, 0.1) is 0 Å². The molecule has 2 rings (SSSR count). The molecule has 112 valence electrons. The van der Waals surface area contributed by atoms with Gasteiger partial charge in [0, 0.05) is 18.6 Å². The van der Waals surface area contributed by atoms with Crippen LogP contribution in [-0.4, -0.2) is 24.0 Å². The molecule has 3 unspecified atom stereocenters. The van der Waals surface area contributed by atoms with Gasteiger partial charge in [0.2, 0.25) is 0 Å². The molecule has 1 aromatic carbocycles. The van der Waals surface area contributed by atoms with Crippen molar-refractivity contribution in [2.75, 3.05) is 13.6 Å². The minimum absolute atomic E-state index is 0.168. The van der Waals surface area contributed by atoms with Crippen LogP contribution in [0.4, 0.5) is 0 Å². The molecule has 0 aromatic heterocycles. The average molecular weight is 274 g/mol. The Hall–Kier alpha value is -0.860. The number of hydrogen-bond donors (Lipinski definition) is 1. The number of likely N-dealkylation sites (N-methyl/N-ethyl adjacent to an activating group) is 1. The molecule has 1 fully saturated rings. The molecule has 0 aliphatic heterocycles. The normalized spacial score (nSPS) is 30.7. The van der Waals surface area contributed by atoms with Gasteiger partial charge in [0.1, 0.15) is 0 Å². The predicted molar refractivity (Wildman–Crippen MR) is 86.6 cm³/mol. The summed E-state index contributed by atoms with van der Waals surface area (Å²) < 4.78 is 0. The molecule has 20 heavy (non-hydrogen) atoms. The maximum atomic E-state index is 6.23. The third kappa shape index (κ3) is 3.07. The Balaban J connectivity index is 2.17. The molecule has 0 radical (unpaired) electrons. The van der Waals surface area contributed by atoms with Crippen LogP contribution in [0.2, 0.25) is 0 Å². The highest BCUT2D eigenvalue weighted by atomic mass is 15.2. The summed E-state index contributed by atoms with van der Waals surface area (Å²) in [5.41, 5.74) is 9.13. The zero-order chi connectivity index (χ0) is 14.8. The Morgan fingerprint density at radius 3 is 2.70 bits per heavy atom. The molecular formula is C18H30N2. The minimum Gasteiger partial charge on any atom is -0.329 e. The van der Waals surface area contributed by atoms with Gasteiger partial charge in [-0.3, -0.25) is 4.90 Å². The Labute approximate surface area is 124 Å². The monoisotopic (exact) mass is 274 g/mol. The van der Waals surface area contributed by atoms with Gasteiger partial charge in [-0.15, -0.1) is 0 Å². The third-order valence-corrected chi connectivity index (χ3v) is 5.33. The molecule has 1 aromatic rings. The summed E-state index contributed by atoms with van der Waals surface area (Å²) >= 11 is 0. The van der Waals surface area contributed by atoms with Crippen molar-refractivity contribution in [2.45, 2.75) is 52.1 Å². The second kappa shape index (κ2) is 6.28. The van der Waals surface area contributed by atoms with Gasteiger partial charge in [-0.2, -0.15) is 0 Å². The van der Waals surface area contributed by atoms with Crippen molar-refractivity contribution in [3.8, 4) is 0 Å². The first kappa shape index (κ1) is 15.5. The van der Waals surface area contributed by atoms with E-state index in [0.29, 0.717) is 5.92 Å². The second-order valence-electron chi connectivity index (χ2n) is 6.94. The quantitative estimate of drug-likeness (QED) is 0.909. The van der Waals surface area contributed by atoms with Crippen LogP contribution in [0.15, 0.2) is 24.3 Å². The van der Waals surface area contributed by atoms with Gasteiger partial charge in [-0.25, -0.2) is 0 Å². The lowest BCUT2D eigenvalue weighted by molar-refractivity contribution is 0.00904. The summed E-state index contributed by atoms with van der Waals surface area (Å²) in [5, 5.41) is 0. The van der Waals surface area contributed by atoms with Gasteiger partial charge < -0.3 is 5.73 Å².